The van der Waals surface area contributed by atoms with E-state index in [0.717, 1.165) is 19.4 Å². The maximum atomic E-state index is 11.7. The second-order valence-electron chi connectivity index (χ2n) is 9.42. The SMILES string of the molecule is CCCCCCCCCCCCCCCCN1C=CN(C(CCC)S(=O)(=O)O)C1C.O=S(=O)(O)O. The molecular weight excluding hydrogens is 492 g/mol. The quantitative estimate of drug-likeness (QED) is 0.127. The van der Waals surface area contributed by atoms with Crippen molar-refractivity contribution in [1.82, 2.24) is 9.80 Å². The lowest BCUT2D eigenvalue weighted by Crippen LogP contribution is -2.45. The first-order chi connectivity index (χ1) is 16.4. The number of nitrogens with zero attached hydrogens (tertiary/aromatic N) is 2. The first-order valence-corrected chi connectivity index (χ1v) is 16.2. The smallest absolute Gasteiger partial charge is 0.356 e. The molecule has 9 nitrogen and oxygen atoms in total. The molecule has 0 fully saturated rings. The van der Waals surface area contributed by atoms with Crippen LogP contribution in [0.25, 0.3) is 0 Å². The van der Waals surface area contributed by atoms with Crippen LogP contribution in [0, 0.1) is 0 Å². The van der Waals surface area contributed by atoms with Crippen LogP contribution in [0.5, 0.6) is 0 Å². The van der Waals surface area contributed by atoms with E-state index in [-0.39, 0.29) is 6.17 Å². The van der Waals surface area contributed by atoms with Crippen molar-refractivity contribution in [3.05, 3.63) is 12.4 Å². The number of rotatable bonds is 19. The molecule has 1 aliphatic rings. The fourth-order valence-corrected chi connectivity index (χ4v) is 5.46. The van der Waals surface area contributed by atoms with Crippen molar-refractivity contribution < 1.29 is 30.5 Å². The average molecular weight is 543 g/mol. The fourth-order valence-electron chi connectivity index (χ4n) is 4.37. The third-order valence-corrected chi connectivity index (χ3v) is 7.49. The first kappa shape index (κ1) is 34.1. The highest BCUT2D eigenvalue weighted by Crippen LogP contribution is 2.24. The molecule has 35 heavy (non-hydrogen) atoms. The molecule has 1 rings (SSSR count). The maximum absolute atomic E-state index is 11.7. The summed E-state index contributed by atoms with van der Waals surface area (Å²) in [6.07, 6.45) is 23.9. The van der Waals surface area contributed by atoms with E-state index in [4.69, 9.17) is 17.5 Å². The van der Waals surface area contributed by atoms with Gasteiger partial charge in [-0.1, -0.05) is 104 Å². The monoisotopic (exact) mass is 542 g/mol. The largest absolute Gasteiger partial charge is 0.394 e. The average Bonchev–Trinajstić information content (AvgIpc) is 3.10. The minimum Gasteiger partial charge on any atom is -0.356 e. The second-order valence-corrected chi connectivity index (χ2v) is 11.9. The Balaban J connectivity index is 0.00000209. The van der Waals surface area contributed by atoms with Crippen molar-refractivity contribution in [3.8, 4) is 0 Å². The normalized spacial score (nSPS) is 16.9. The Morgan fingerprint density at radius 1 is 0.686 bits per heavy atom. The van der Waals surface area contributed by atoms with E-state index >= 15 is 0 Å². The molecule has 3 N–H and O–H groups in total. The van der Waals surface area contributed by atoms with Crippen molar-refractivity contribution in [1.29, 1.82) is 0 Å². The standard InChI is InChI=1S/C24H48N2O3S.H2O4S/c1-4-6-7-8-9-10-11-12-13-14-15-16-17-18-20-25-21-22-26(23(25)3)24(19-5-2)30(27,28)29;1-5(2,3)4/h21-24H,4-20H2,1-3H3,(H,27,28,29);(H2,1,2,3,4). The van der Waals surface area contributed by atoms with E-state index in [0.29, 0.717) is 6.42 Å². The van der Waals surface area contributed by atoms with Crippen molar-refractivity contribution >= 4 is 20.5 Å². The molecule has 1 aliphatic heterocycles. The van der Waals surface area contributed by atoms with E-state index in [9.17, 15) is 13.0 Å². The van der Waals surface area contributed by atoms with Crippen LogP contribution < -0.4 is 0 Å². The van der Waals surface area contributed by atoms with Crippen molar-refractivity contribution in [2.24, 2.45) is 0 Å². The summed E-state index contributed by atoms with van der Waals surface area (Å²) in [7, 11) is -8.74. The van der Waals surface area contributed by atoms with Crippen LogP contribution in [-0.4, -0.2) is 58.4 Å². The molecule has 0 saturated heterocycles. The van der Waals surface area contributed by atoms with Crippen LogP contribution >= 0.6 is 0 Å². The zero-order valence-corrected chi connectivity index (χ0v) is 23.6. The van der Waals surface area contributed by atoms with Gasteiger partial charge in [-0.3, -0.25) is 13.7 Å². The van der Waals surface area contributed by atoms with Gasteiger partial charge in [-0.15, -0.1) is 0 Å². The Bertz CT molecular complexity index is 750. The van der Waals surface area contributed by atoms with Crippen molar-refractivity contribution in [2.75, 3.05) is 6.54 Å². The minimum atomic E-state index is -4.67. The molecule has 0 aromatic rings. The Hall–Kier alpha value is -0.880. The third-order valence-electron chi connectivity index (χ3n) is 6.32. The maximum Gasteiger partial charge on any atom is 0.394 e. The minimum absolute atomic E-state index is 0.0227. The molecule has 0 aromatic carbocycles. The van der Waals surface area contributed by atoms with E-state index in [1.165, 1.54) is 83.5 Å². The Kier molecular flexibility index (Phi) is 18.8. The van der Waals surface area contributed by atoms with Gasteiger partial charge in [-0.05, 0) is 19.8 Å². The van der Waals surface area contributed by atoms with Crippen LogP contribution in [0.3, 0.4) is 0 Å². The molecule has 0 radical (unpaired) electrons. The van der Waals surface area contributed by atoms with Crippen molar-refractivity contribution in [3.63, 3.8) is 0 Å². The van der Waals surface area contributed by atoms with Crippen LogP contribution in [-0.2, 0) is 20.5 Å². The van der Waals surface area contributed by atoms with Crippen molar-refractivity contribution in [2.45, 2.75) is 135 Å². The number of unbranched alkanes of at least 4 members (excludes halogenated alkanes) is 13. The molecule has 210 valence electrons. The Morgan fingerprint density at radius 3 is 1.46 bits per heavy atom. The predicted octanol–water partition coefficient (Wildman–Crippen LogP) is 6.26. The topological polar surface area (TPSA) is 135 Å². The highest BCUT2D eigenvalue weighted by atomic mass is 32.3. The van der Waals surface area contributed by atoms with Gasteiger partial charge in [0.05, 0.1) is 6.17 Å². The summed E-state index contributed by atoms with van der Waals surface area (Å²) in [5.74, 6) is 0. The molecule has 0 bridgehead atoms. The summed E-state index contributed by atoms with van der Waals surface area (Å²) in [6.45, 7) is 7.16. The van der Waals surface area contributed by atoms with Gasteiger partial charge < -0.3 is 9.80 Å². The van der Waals surface area contributed by atoms with Gasteiger partial charge in [-0.2, -0.15) is 16.8 Å². The Morgan fingerprint density at radius 2 is 1.09 bits per heavy atom. The highest BCUT2D eigenvalue weighted by molar-refractivity contribution is 7.86. The molecule has 1 heterocycles. The summed E-state index contributed by atoms with van der Waals surface area (Å²) in [4.78, 5) is 3.97. The lowest BCUT2D eigenvalue weighted by molar-refractivity contribution is 0.147. The van der Waals surface area contributed by atoms with Gasteiger partial charge in [-0.25, -0.2) is 0 Å². The number of hydrogen-bond donors (Lipinski definition) is 3. The zero-order chi connectivity index (χ0) is 26.7. The summed E-state index contributed by atoms with van der Waals surface area (Å²) in [5.41, 5.74) is 0. The van der Waals surface area contributed by atoms with Crippen LogP contribution in [0.15, 0.2) is 12.4 Å². The summed E-state index contributed by atoms with van der Waals surface area (Å²) in [5, 5.41) is -0.838. The molecule has 0 aromatic heterocycles. The van der Waals surface area contributed by atoms with E-state index in [2.05, 4.69) is 11.8 Å². The van der Waals surface area contributed by atoms with Gasteiger partial charge in [0.15, 0.2) is 5.37 Å². The molecule has 0 amide bonds. The molecule has 2 atom stereocenters. The van der Waals surface area contributed by atoms with Gasteiger partial charge in [0.25, 0.3) is 10.1 Å². The molecular formula is C24H50N2O7S2. The highest BCUT2D eigenvalue weighted by Gasteiger charge is 2.34. The van der Waals surface area contributed by atoms with Crippen LogP contribution in [0.1, 0.15) is 124 Å². The van der Waals surface area contributed by atoms with Gasteiger partial charge in [0.2, 0.25) is 0 Å². The van der Waals surface area contributed by atoms with E-state index in [1.807, 2.05) is 26.2 Å². The summed E-state index contributed by atoms with van der Waals surface area (Å²) in [6, 6.07) is 0. The van der Waals surface area contributed by atoms with Gasteiger partial charge in [0.1, 0.15) is 0 Å². The summed E-state index contributed by atoms with van der Waals surface area (Å²) >= 11 is 0. The second kappa shape index (κ2) is 19.3. The number of hydrogen-bond acceptors (Lipinski definition) is 6. The van der Waals surface area contributed by atoms with Gasteiger partial charge >= 0.3 is 10.4 Å². The molecule has 0 saturated carbocycles. The summed E-state index contributed by atoms with van der Waals surface area (Å²) < 4.78 is 64.6. The van der Waals surface area contributed by atoms with E-state index < -0.39 is 25.9 Å². The van der Waals surface area contributed by atoms with E-state index in [1.54, 1.807) is 4.90 Å². The molecule has 11 heteroatoms. The van der Waals surface area contributed by atoms with Crippen LogP contribution in [0.2, 0.25) is 0 Å². The lowest BCUT2D eigenvalue weighted by atomic mass is 10.0. The first-order valence-electron chi connectivity index (χ1n) is 13.3. The predicted molar refractivity (Wildman–Crippen MR) is 142 cm³/mol. The third kappa shape index (κ3) is 19.0. The Labute approximate surface area is 214 Å². The zero-order valence-electron chi connectivity index (χ0n) is 22.0. The molecule has 0 spiro atoms. The van der Waals surface area contributed by atoms with Gasteiger partial charge in [0, 0.05) is 18.9 Å². The molecule has 0 aliphatic carbocycles. The fraction of sp³-hybridized carbons (Fsp3) is 0.917. The molecule has 2 unspecified atom stereocenters. The van der Waals surface area contributed by atoms with Crippen LogP contribution in [0.4, 0.5) is 0 Å². The lowest BCUT2D eigenvalue weighted by Gasteiger charge is -2.34.